The van der Waals surface area contributed by atoms with Crippen LogP contribution >= 0.6 is 11.8 Å². The van der Waals surface area contributed by atoms with Crippen LogP contribution in [-0.4, -0.2) is 5.75 Å². The molecule has 0 amide bonds. The first kappa shape index (κ1) is 11.9. The summed E-state index contributed by atoms with van der Waals surface area (Å²) in [6.07, 6.45) is 1.73. The van der Waals surface area contributed by atoms with Crippen molar-refractivity contribution in [3.63, 3.8) is 0 Å². The molecule has 0 spiro atoms. The van der Waals surface area contributed by atoms with Gasteiger partial charge in [0, 0.05) is 17.5 Å². The van der Waals surface area contributed by atoms with Crippen molar-refractivity contribution >= 4 is 11.8 Å². The summed E-state index contributed by atoms with van der Waals surface area (Å²) in [4.78, 5) is 0. The largest absolute Gasteiger partial charge is 0.468 e. The molecule has 3 rings (SSSR count). The second-order valence-electron chi connectivity index (χ2n) is 4.67. The minimum atomic E-state index is 0.247. The molecule has 0 radical (unpaired) electrons. The zero-order chi connectivity index (χ0) is 12.4. The summed E-state index contributed by atoms with van der Waals surface area (Å²) in [6, 6.07) is 13.3. The van der Waals surface area contributed by atoms with Gasteiger partial charge in [-0.15, -0.1) is 0 Å². The van der Waals surface area contributed by atoms with Crippen LogP contribution in [0.1, 0.15) is 35.9 Å². The van der Waals surface area contributed by atoms with E-state index in [2.05, 4.69) is 36.5 Å². The monoisotopic (exact) mass is 259 g/mol. The molecule has 1 N–H and O–H groups in total. The minimum absolute atomic E-state index is 0.247. The lowest BCUT2D eigenvalue weighted by Gasteiger charge is -2.28. The lowest BCUT2D eigenvalue weighted by atomic mass is 10.0. The van der Waals surface area contributed by atoms with Crippen LogP contribution in [0.2, 0.25) is 0 Å². The normalized spacial score (nSPS) is 20.4. The van der Waals surface area contributed by atoms with E-state index in [9.17, 15) is 0 Å². The smallest absolute Gasteiger partial charge is 0.120 e. The van der Waals surface area contributed by atoms with Crippen molar-refractivity contribution in [2.24, 2.45) is 0 Å². The average Bonchev–Trinajstić information content (AvgIpc) is 2.93. The molecule has 2 aromatic rings. The number of hydrogen-bond donors (Lipinski definition) is 1. The summed E-state index contributed by atoms with van der Waals surface area (Å²) in [6.45, 7) is 2.15. The molecular formula is C15H17NOS. The van der Waals surface area contributed by atoms with E-state index in [0.29, 0.717) is 6.04 Å². The summed E-state index contributed by atoms with van der Waals surface area (Å²) >= 11 is 1.99. The van der Waals surface area contributed by atoms with E-state index in [-0.39, 0.29) is 6.04 Å². The molecule has 2 nitrogen and oxygen atoms in total. The van der Waals surface area contributed by atoms with E-state index in [1.165, 1.54) is 11.1 Å². The van der Waals surface area contributed by atoms with Gasteiger partial charge in [-0.2, -0.15) is 11.8 Å². The molecule has 1 aliphatic heterocycles. The van der Waals surface area contributed by atoms with Crippen LogP contribution in [0, 0.1) is 0 Å². The number of nitrogens with one attached hydrogen (secondary N) is 1. The molecule has 2 heterocycles. The van der Waals surface area contributed by atoms with Crippen molar-refractivity contribution in [1.29, 1.82) is 0 Å². The summed E-state index contributed by atoms with van der Waals surface area (Å²) in [5.41, 5.74) is 2.90. The van der Waals surface area contributed by atoms with Crippen LogP contribution in [0.5, 0.6) is 0 Å². The van der Waals surface area contributed by atoms with E-state index in [1.54, 1.807) is 6.26 Å². The highest BCUT2D eigenvalue weighted by Crippen LogP contribution is 2.33. The van der Waals surface area contributed by atoms with Crippen LogP contribution in [0.3, 0.4) is 0 Å². The van der Waals surface area contributed by atoms with E-state index < -0.39 is 0 Å². The highest BCUT2D eigenvalue weighted by atomic mass is 32.2. The standard InChI is InChI=1S/C15H17NOS/c1-11(15-7-4-8-17-15)16-14-10-18-9-12-5-2-3-6-13(12)14/h2-8,11,14,16H,9-10H2,1H3/t11-,14?/m1/s1. The van der Waals surface area contributed by atoms with Crippen LogP contribution in [0.15, 0.2) is 47.1 Å². The van der Waals surface area contributed by atoms with Crippen LogP contribution in [-0.2, 0) is 5.75 Å². The first-order chi connectivity index (χ1) is 8.84. The van der Waals surface area contributed by atoms with Crippen LogP contribution in [0.25, 0.3) is 0 Å². The molecule has 1 aliphatic rings. The van der Waals surface area contributed by atoms with Gasteiger partial charge in [0.2, 0.25) is 0 Å². The summed E-state index contributed by atoms with van der Waals surface area (Å²) in [5, 5.41) is 3.66. The molecule has 94 valence electrons. The number of hydrogen-bond acceptors (Lipinski definition) is 3. The zero-order valence-corrected chi connectivity index (χ0v) is 11.2. The fourth-order valence-electron chi connectivity index (χ4n) is 2.44. The number of benzene rings is 1. The third-order valence-electron chi connectivity index (χ3n) is 3.39. The zero-order valence-electron chi connectivity index (χ0n) is 10.4. The van der Waals surface area contributed by atoms with E-state index in [4.69, 9.17) is 4.42 Å². The van der Waals surface area contributed by atoms with Gasteiger partial charge in [0.25, 0.3) is 0 Å². The third kappa shape index (κ3) is 2.33. The van der Waals surface area contributed by atoms with Gasteiger partial charge < -0.3 is 4.42 Å². The van der Waals surface area contributed by atoms with Crippen molar-refractivity contribution in [1.82, 2.24) is 5.32 Å². The summed E-state index contributed by atoms with van der Waals surface area (Å²) in [7, 11) is 0. The molecular weight excluding hydrogens is 242 g/mol. The molecule has 0 saturated carbocycles. The number of rotatable bonds is 3. The third-order valence-corrected chi connectivity index (χ3v) is 4.48. The van der Waals surface area contributed by atoms with E-state index in [0.717, 1.165) is 17.3 Å². The second kappa shape index (κ2) is 5.21. The Hall–Kier alpha value is -1.19. The van der Waals surface area contributed by atoms with Crippen LogP contribution in [0.4, 0.5) is 0 Å². The van der Waals surface area contributed by atoms with Gasteiger partial charge in [-0.25, -0.2) is 0 Å². The van der Waals surface area contributed by atoms with Gasteiger partial charge in [0.05, 0.1) is 12.3 Å². The Morgan fingerprint density at radius 3 is 3.00 bits per heavy atom. The highest BCUT2D eigenvalue weighted by Gasteiger charge is 2.22. The Morgan fingerprint density at radius 1 is 1.28 bits per heavy atom. The molecule has 1 aromatic carbocycles. The lowest BCUT2D eigenvalue weighted by Crippen LogP contribution is -2.28. The fraction of sp³-hybridized carbons (Fsp3) is 0.333. The van der Waals surface area contributed by atoms with Gasteiger partial charge in [-0.3, -0.25) is 5.32 Å². The Labute approximate surface area is 112 Å². The molecule has 0 fully saturated rings. The summed E-state index contributed by atoms with van der Waals surface area (Å²) < 4.78 is 5.46. The van der Waals surface area contributed by atoms with Crippen molar-refractivity contribution in [3.05, 3.63) is 59.5 Å². The molecule has 0 saturated heterocycles. The molecule has 0 aliphatic carbocycles. The van der Waals surface area contributed by atoms with Gasteiger partial charge in [-0.1, -0.05) is 24.3 Å². The topological polar surface area (TPSA) is 25.2 Å². The first-order valence-corrected chi connectivity index (χ1v) is 7.45. The van der Waals surface area contributed by atoms with Gasteiger partial charge in [0.1, 0.15) is 5.76 Å². The molecule has 3 heteroatoms. The predicted molar refractivity (Wildman–Crippen MR) is 75.6 cm³/mol. The Morgan fingerprint density at radius 2 is 2.17 bits per heavy atom. The molecule has 18 heavy (non-hydrogen) atoms. The maximum Gasteiger partial charge on any atom is 0.120 e. The molecule has 1 unspecified atom stereocenters. The van der Waals surface area contributed by atoms with E-state index >= 15 is 0 Å². The quantitative estimate of drug-likeness (QED) is 0.904. The van der Waals surface area contributed by atoms with Gasteiger partial charge >= 0.3 is 0 Å². The fourth-order valence-corrected chi connectivity index (χ4v) is 3.55. The van der Waals surface area contributed by atoms with Crippen molar-refractivity contribution in [2.75, 3.05) is 5.75 Å². The van der Waals surface area contributed by atoms with Crippen LogP contribution < -0.4 is 5.32 Å². The highest BCUT2D eigenvalue weighted by molar-refractivity contribution is 7.98. The number of thioether (sulfide) groups is 1. The maximum atomic E-state index is 5.46. The molecule has 0 bridgehead atoms. The van der Waals surface area contributed by atoms with Gasteiger partial charge in [0.15, 0.2) is 0 Å². The Kier molecular flexibility index (Phi) is 3.43. The maximum absolute atomic E-state index is 5.46. The molecule has 2 atom stereocenters. The SMILES string of the molecule is C[C@@H](NC1CSCc2ccccc21)c1ccco1. The summed E-state index contributed by atoms with van der Waals surface area (Å²) in [5.74, 6) is 3.26. The van der Waals surface area contributed by atoms with Gasteiger partial charge in [-0.05, 0) is 30.2 Å². The van der Waals surface area contributed by atoms with Crippen molar-refractivity contribution < 1.29 is 4.42 Å². The Balaban J connectivity index is 1.78. The second-order valence-corrected chi connectivity index (χ2v) is 5.70. The minimum Gasteiger partial charge on any atom is -0.468 e. The molecule has 1 aromatic heterocycles. The average molecular weight is 259 g/mol. The predicted octanol–water partition coefficient (Wildman–Crippen LogP) is 3.92. The van der Waals surface area contributed by atoms with Crippen molar-refractivity contribution in [3.8, 4) is 0 Å². The Bertz CT molecular complexity index is 509. The van der Waals surface area contributed by atoms with Crippen molar-refractivity contribution in [2.45, 2.75) is 24.8 Å². The van der Waals surface area contributed by atoms with E-state index in [1.807, 2.05) is 23.9 Å². The first-order valence-electron chi connectivity index (χ1n) is 6.29. The lowest BCUT2D eigenvalue weighted by molar-refractivity contribution is 0.403. The number of fused-ring (bicyclic) bond motifs is 1. The number of furan rings is 1.